The average Bonchev–Trinajstić information content (AvgIpc) is 2.58. The van der Waals surface area contributed by atoms with E-state index < -0.39 is 0 Å². The molecule has 88 valence electrons. The molecular formula is C11H17N3OS. The third-order valence-corrected chi connectivity index (χ3v) is 3.09. The second kappa shape index (κ2) is 5.55. The highest BCUT2D eigenvalue weighted by molar-refractivity contribution is 7.18. The number of amides is 1. The molecule has 1 heterocycles. The standard InChI is InChI=1S/C11H17N3OS/c1-7(2)4-5-14-9-6-8(12)10(16-9)11(15)13-3/h4,6,14H,5,12H2,1-3H3,(H,13,15). The van der Waals surface area contributed by atoms with Gasteiger partial charge in [-0.15, -0.1) is 11.3 Å². The molecule has 1 amide bonds. The summed E-state index contributed by atoms with van der Waals surface area (Å²) < 4.78 is 0. The van der Waals surface area contributed by atoms with Crippen molar-refractivity contribution in [1.82, 2.24) is 5.32 Å². The minimum atomic E-state index is -0.141. The molecule has 1 aromatic rings. The monoisotopic (exact) mass is 239 g/mol. The lowest BCUT2D eigenvalue weighted by atomic mass is 10.3. The average molecular weight is 239 g/mol. The summed E-state index contributed by atoms with van der Waals surface area (Å²) in [5.74, 6) is -0.141. The molecule has 0 aliphatic rings. The van der Waals surface area contributed by atoms with Crippen LogP contribution in [0.15, 0.2) is 17.7 Å². The lowest BCUT2D eigenvalue weighted by molar-refractivity contribution is 0.0968. The molecule has 0 saturated heterocycles. The van der Waals surface area contributed by atoms with Crippen LogP contribution in [0.2, 0.25) is 0 Å². The summed E-state index contributed by atoms with van der Waals surface area (Å²) in [5, 5.41) is 6.67. The maximum Gasteiger partial charge on any atom is 0.263 e. The quantitative estimate of drug-likeness (QED) is 0.705. The van der Waals surface area contributed by atoms with Crippen molar-refractivity contribution in [2.24, 2.45) is 0 Å². The Labute approximate surface area is 99.5 Å². The van der Waals surface area contributed by atoms with Crippen LogP contribution in [0.4, 0.5) is 10.7 Å². The van der Waals surface area contributed by atoms with E-state index in [1.54, 1.807) is 13.1 Å². The molecule has 0 fully saturated rings. The lowest BCUT2D eigenvalue weighted by Crippen LogP contribution is -2.17. The van der Waals surface area contributed by atoms with Gasteiger partial charge in [0.25, 0.3) is 5.91 Å². The van der Waals surface area contributed by atoms with E-state index in [4.69, 9.17) is 5.73 Å². The van der Waals surface area contributed by atoms with Crippen molar-refractivity contribution in [2.75, 3.05) is 24.6 Å². The highest BCUT2D eigenvalue weighted by atomic mass is 32.1. The molecule has 0 aliphatic carbocycles. The van der Waals surface area contributed by atoms with E-state index in [1.807, 2.05) is 13.8 Å². The Morgan fingerprint density at radius 2 is 2.25 bits per heavy atom. The van der Waals surface area contributed by atoms with Gasteiger partial charge in [0.15, 0.2) is 0 Å². The molecule has 0 saturated carbocycles. The van der Waals surface area contributed by atoms with Crippen LogP contribution in [-0.4, -0.2) is 19.5 Å². The highest BCUT2D eigenvalue weighted by Gasteiger charge is 2.12. The molecule has 1 rings (SSSR count). The summed E-state index contributed by atoms with van der Waals surface area (Å²) in [6, 6.07) is 1.79. The fraction of sp³-hybridized carbons (Fsp3) is 0.364. The van der Waals surface area contributed by atoms with Crippen LogP contribution in [0.25, 0.3) is 0 Å². The van der Waals surface area contributed by atoms with Gasteiger partial charge in [0, 0.05) is 13.6 Å². The van der Waals surface area contributed by atoms with E-state index in [0.29, 0.717) is 10.6 Å². The highest BCUT2D eigenvalue weighted by Crippen LogP contribution is 2.28. The van der Waals surface area contributed by atoms with Crippen molar-refractivity contribution in [2.45, 2.75) is 13.8 Å². The first kappa shape index (κ1) is 12.6. The Bertz CT molecular complexity index is 405. The normalized spacial score (nSPS) is 9.69. The van der Waals surface area contributed by atoms with E-state index >= 15 is 0 Å². The summed E-state index contributed by atoms with van der Waals surface area (Å²) in [6.45, 7) is 4.83. The van der Waals surface area contributed by atoms with Crippen LogP contribution < -0.4 is 16.4 Å². The van der Waals surface area contributed by atoms with Crippen molar-refractivity contribution in [3.63, 3.8) is 0 Å². The van der Waals surface area contributed by atoms with Crippen molar-refractivity contribution in [3.8, 4) is 0 Å². The molecule has 16 heavy (non-hydrogen) atoms. The summed E-state index contributed by atoms with van der Waals surface area (Å²) >= 11 is 1.37. The second-order valence-electron chi connectivity index (χ2n) is 3.64. The third-order valence-electron chi connectivity index (χ3n) is 1.98. The van der Waals surface area contributed by atoms with E-state index in [0.717, 1.165) is 11.5 Å². The largest absolute Gasteiger partial charge is 0.397 e. The summed E-state index contributed by atoms with van der Waals surface area (Å²) in [5.41, 5.74) is 7.51. The van der Waals surface area contributed by atoms with Gasteiger partial charge in [0.1, 0.15) is 4.88 Å². The van der Waals surface area contributed by atoms with Crippen LogP contribution in [0, 0.1) is 0 Å². The molecular weight excluding hydrogens is 222 g/mol. The van der Waals surface area contributed by atoms with Gasteiger partial charge in [-0.1, -0.05) is 11.6 Å². The Morgan fingerprint density at radius 3 is 2.81 bits per heavy atom. The number of anilines is 2. The fourth-order valence-corrected chi connectivity index (χ4v) is 2.07. The van der Waals surface area contributed by atoms with Gasteiger partial charge in [0.2, 0.25) is 0 Å². The van der Waals surface area contributed by atoms with Crippen molar-refractivity contribution >= 4 is 27.9 Å². The smallest absolute Gasteiger partial charge is 0.263 e. The molecule has 0 atom stereocenters. The summed E-state index contributed by atoms with van der Waals surface area (Å²) in [7, 11) is 1.60. The fourth-order valence-electron chi connectivity index (χ4n) is 1.14. The molecule has 4 N–H and O–H groups in total. The van der Waals surface area contributed by atoms with Crippen LogP contribution in [0.3, 0.4) is 0 Å². The number of rotatable bonds is 4. The number of carbonyl (C=O) groups is 1. The molecule has 0 bridgehead atoms. The first-order valence-electron chi connectivity index (χ1n) is 5.03. The zero-order valence-electron chi connectivity index (χ0n) is 9.76. The zero-order chi connectivity index (χ0) is 12.1. The molecule has 0 radical (unpaired) electrons. The topological polar surface area (TPSA) is 67.2 Å². The van der Waals surface area contributed by atoms with E-state index in [-0.39, 0.29) is 5.91 Å². The molecule has 0 spiro atoms. The number of carbonyl (C=O) groups excluding carboxylic acids is 1. The number of nitrogen functional groups attached to an aromatic ring is 1. The van der Waals surface area contributed by atoms with Crippen molar-refractivity contribution in [3.05, 3.63) is 22.6 Å². The van der Waals surface area contributed by atoms with Gasteiger partial charge in [0.05, 0.1) is 10.7 Å². The first-order chi connectivity index (χ1) is 7.54. The number of nitrogens with two attached hydrogens (primary N) is 1. The van der Waals surface area contributed by atoms with Crippen molar-refractivity contribution in [1.29, 1.82) is 0 Å². The predicted molar refractivity (Wildman–Crippen MR) is 70.0 cm³/mol. The molecule has 0 aromatic carbocycles. The number of allylic oxidation sites excluding steroid dienone is 1. The van der Waals surface area contributed by atoms with Gasteiger partial charge in [-0.3, -0.25) is 4.79 Å². The maximum absolute atomic E-state index is 11.4. The van der Waals surface area contributed by atoms with E-state index in [9.17, 15) is 4.79 Å². The number of hydrogen-bond donors (Lipinski definition) is 3. The SMILES string of the molecule is CNC(=O)c1sc(NCC=C(C)C)cc1N. The maximum atomic E-state index is 11.4. The van der Waals surface area contributed by atoms with Crippen LogP contribution in [-0.2, 0) is 0 Å². The van der Waals surface area contributed by atoms with Crippen LogP contribution in [0.5, 0.6) is 0 Å². The van der Waals surface area contributed by atoms with Crippen molar-refractivity contribution < 1.29 is 4.79 Å². The second-order valence-corrected chi connectivity index (χ2v) is 4.69. The molecule has 4 nitrogen and oxygen atoms in total. The van der Waals surface area contributed by atoms with Gasteiger partial charge in [-0.25, -0.2) is 0 Å². The van der Waals surface area contributed by atoms with Gasteiger partial charge in [-0.05, 0) is 19.9 Å². The van der Waals surface area contributed by atoms with Crippen LogP contribution >= 0.6 is 11.3 Å². The molecule has 0 aliphatic heterocycles. The molecule has 5 heteroatoms. The zero-order valence-corrected chi connectivity index (χ0v) is 10.6. The minimum absolute atomic E-state index is 0.141. The Balaban J connectivity index is 2.70. The Kier molecular flexibility index (Phi) is 4.37. The van der Waals surface area contributed by atoms with E-state index in [1.165, 1.54) is 16.9 Å². The minimum Gasteiger partial charge on any atom is -0.397 e. The molecule has 0 unspecified atom stereocenters. The molecule has 1 aromatic heterocycles. The number of thiophene rings is 1. The van der Waals surface area contributed by atoms with Gasteiger partial charge in [-0.2, -0.15) is 0 Å². The number of nitrogens with one attached hydrogen (secondary N) is 2. The third kappa shape index (κ3) is 3.27. The number of hydrogen-bond acceptors (Lipinski definition) is 4. The summed E-state index contributed by atoms with van der Waals surface area (Å²) in [4.78, 5) is 12.0. The lowest BCUT2D eigenvalue weighted by Gasteiger charge is -1.98. The van der Waals surface area contributed by atoms with Gasteiger partial charge >= 0.3 is 0 Å². The first-order valence-corrected chi connectivity index (χ1v) is 5.85. The Morgan fingerprint density at radius 1 is 1.56 bits per heavy atom. The van der Waals surface area contributed by atoms with E-state index in [2.05, 4.69) is 16.7 Å². The summed E-state index contributed by atoms with van der Waals surface area (Å²) in [6.07, 6.45) is 2.08. The van der Waals surface area contributed by atoms with Crippen LogP contribution in [0.1, 0.15) is 23.5 Å². The van der Waals surface area contributed by atoms with Gasteiger partial charge < -0.3 is 16.4 Å². The predicted octanol–water partition coefficient (Wildman–Crippen LogP) is 2.07. The Hall–Kier alpha value is -1.49.